The molecule has 1 unspecified atom stereocenters. The minimum atomic E-state index is -0.233. The van der Waals surface area contributed by atoms with Gasteiger partial charge in [-0.1, -0.05) is 31.2 Å². The van der Waals surface area contributed by atoms with Crippen LogP contribution in [0, 0.1) is 34.3 Å². The zero-order valence-electron chi connectivity index (χ0n) is 13.0. The van der Waals surface area contributed by atoms with Gasteiger partial charge >= 0.3 is 0 Å². The van der Waals surface area contributed by atoms with Crippen LogP contribution in [0.4, 0.5) is 8.78 Å². The normalized spacial score (nSPS) is 10.7. The lowest BCUT2D eigenvalue weighted by atomic mass is 9.99. The van der Waals surface area contributed by atoms with Gasteiger partial charge < -0.3 is 0 Å². The van der Waals surface area contributed by atoms with Crippen LogP contribution in [0.5, 0.6) is 0 Å². The SMILES string of the molecule is CC(CC#N)c1ccc(F)cc1.N#CCCc1ccc(F)cc1. The zero-order chi connectivity index (χ0) is 17.1. The smallest absolute Gasteiger partial charge is 0.123 e. The minimum Gasteiger partial charge on any atom is -0.207 e. The molecule has 0 aromatic heterocycles. The topological polar surface area (TPSA) is 47.6 Å². The molecule has 0 amide bonds. The van der Waals surface area contributed by atoms with Crippen LogP contribution >= 0.6 is 0 Å². The molecule has 0 heterocycles. The van der Waals surface area contributed by atoms with Crippen molar-refractivity contribution in [1.29, 1.82) is 10.5 Å². The number of benzene rings is 2. The molecule has 0 radical (unpaired) electrons. The molecular weight excluding hydrogens is 294 g/mol. The van der Waals surface area contributed by atoms with Gasteiger partial charge in [-0.2, -0.15) is 10.5 Å². The van der Waals surface area contributed by atoms with Gasteiger partial charge in [-0.3, -0.25) is 0 Å². The summed E-state index contributed by atoms with van der Waals surface area (Å²) in [6.45, 7) is 1.95. The number of nitrogens with zero attached hydrogens (tertiary/aromatic N) is 2. The molecule has 2 aromatic carbocycles. The predicted octanol–water partition coefficient (Wildman–Crippen LogP) is 5.12. The van der Waals surface area contributed by atoms with E-state index in [2.05, 4.69) is 6.07 Å². The van der Waals surface area contributed by atoms with E-state index in [1.165, 1.54) is 24.3 Å². The quantitative estimate of drug-likeness (QED) is 0.786. The summed E-state index contributed by atoms with van der Waals surface area (Å²) in [5.41, 5.74) is 2.02. The van der Waals surface area contributed by atoms with Crippen molar-refractivity contribution in [2.75, 3.05) is 0 Å². The van der Waals surface area contributed by atoms with E-state index in [9.17, 15) is 8.78 Å². The molecule has 0 aliphatic rings. The van der Waals surface area contributed by atoms with Crippen molar-refractivity contribution in [2.24, 2.45) is 0 Å². The molecule has 1 atom stereocenters. The van der Waals surface area contributed by atoms with Crippen molar-refractivity contribution in [3.05, 3.63) is 71.3 Å². The van der Waals surface area contributed by atoms with E-state index < -0.39 is 0 Å². The first-order valence-corrected chi connectivity index (χ1v) is 7.30. The summed E-state index contributed by atoms with van der Waals surface area (Å²) in [5, 5.41) is 16.7. The maximum atomic E-state index is 12.5. The second kappa shape index (κ2) is 10.1. The monoisotopic (exact) mass is 312 g/mol. The minimum absolute atomic E-state index is 0.190. The van der Waals surface area contributed by atoms with Gasteiger partial charge in [0.05, 0.1) is 12.1 Å². The number of nitriles is 2. The van der Waals surface area contributed by atoms with Gasteiger partial charge in [-0.25, -0.2) is 8.78 Å². The molecule has 118 valence electrons. The second-order valence-corrected chi connectivity index (χ2v) is 5.10. The zero-order valence-corrected chi connectivity index (χ0v) is 13.0. The highest BCUT2D eigenvalue weighted by Gasteiger charge is 2.03. The summed E-state index contributed by atoms with van der Waals surface area (Å²) < 4.78 is 24.8. The molecule has 0 bridgehead atoms. The van der Waals surface area contributed by atoms with E-state index in [4.69, 9.17) is 10.5 Å². The molecule has 2 nitrogen and oxygen atoms in total. The van der Waals surface area contributed by atoms with Gasteiger partial charge in [0, 0.05) is 12.8 Å². The average Bonchev–Trinajstić information content (AvgIpc) is 2.56. The molecule has 0 aliphatic heterocycles. The summed E-state index contributed by atoms with van der Waals surface area (Å²) in [6, 6.07) is 16.6. The Hall–Kier alpha value is -2.72. The van der Waals surface area contributed by atoms with E-state index in [0.717, 1.165) is 11.1 Å². The summed E-state index contributed by atoms with van der Waals surface area (Å²) >= 11 is 0. The maximum Gasteiger partial charge on any atom is 0.123 e. The van der Waals surface area contributed by atoms with Crippen LogP contribution in [-0.4, -0.2) is 0 Å². The molecular formula is C19H18F2N2. The van der Waals surface area contributed by atoms with E-state index in [0.29, 0.717) is 19.3 Å². The molecule has 2 aromatic rings. The van der Waals surface area contributed by atoms with Gasteiger partial charge in [0.2, 0.25) is 0 Å². The Morgan fingerprint density at radius 3 is 1.87 bits per heavy atom. The van der Waals surface area contributed by atoms with Crippen LogP contribution in [0.3, 0.4) is 0 Å². The van der Waals surface area contributed by atoms with Crippen molar-refractivity contribution < 1.29 is 8.78 Å². The lowest BCUT2D eigenvalue weighted by molar-refractivity contribution is 0.625. The number of halogens is 2. The van der Waals surface area contributed by atoms with Crippen LogP contribution in [0.2, 0.25) is 0 Å². The van der Waals surface area contributed by atoms with Gasteiger partial charge in [-0.15, -0.1) is 0 Å². The summed E-state index contributed by atoms with van der Waals surface area (Å²) in [6.07, 6.45) is 1.67. The van der Waals surface area contributed by atoms with Crippen molar-refractivity contribution in [2.45, 2.75) is 32.1 Å². The van der Waals surface area contributed by atoms with E-state index >= 15 is 0 Å². The van der Waals surface area contributed by atoms with Gasteiger partial charge in [-0.05, 0) is 47.7 Å². The molecule has 0 N–H and O–H groups in total. The lowest BCUT2D eigenvalue weighted by Gasteiger charge is -2.05. The highest BCUT2D eigenvalue weighted by Crippen LogP contribution is 2.18. The van der Waals surface area contributed by atoms with Gasteiger partial charge in [0.15, 0.2) is 0 Å². The largest absolute Gasteiger partial charge is 0.207 e. The lowest BCUT2D eigenvalue weighted by Crippen LogP contribution is -1.91. The summed E-state index contributed by atoms with van der Waals surface area (Å²) in [7, 11) is 0. The maximum absolute atomic E-state index is 12.5. The molecule has 0 aliphatic carbocycles. The van der Waals surface area contributed by atoms with Crippen molar-refractivity contribution >= 4 is 0 Å². The summed E-state index contributed by atoms with van der Waals surface area (Å²) in [5.74, 6) is -0.274. The van der Waals surface area contributed by atoms with Crippen molar-refractivity contribution in [1.82, 2.24) is 0 Å². The van der Waals surface area contributed by atoms with Crippen LogP contribution in [0.1, 0.15) is 36.8 Å². The van der Waals surface area contributed by atoms with Crippen LogP contribution in [-0.2, 0) is 6.42 Å². The second-order valence-electron chi connectivity index (χ2n) is 5.10. The molecule has 0 fully saturated rings. The fourth-order valence-electron chi connectivity index (χ4n) is 1.90. The Labute approximate surface area is 135 Å². The first kappa shape index (κ1) is 18.3. The highest BCUT2D eigenvalue weighted by atomic mass is 19.1. The third-order valence-corrected chi connectivity index (χ3v) is 3.28. The fourth-order valence-corrected chi connectivity index (χ4v) is 1.90. The Kier molecular flexibility index (Phi) is 8.03. The van der Waals surface area contributed by atoms with E-state index in [1.54, 1.807) is 24.3 Å². The van der Waals surface area contributed by atoms with Crippen LogP contribution < -0.4 is 0 Å². The molecule has 0 saturated carbocycles. The van der Waals surface area contributed by atoms with E-state index in [1.807, 2.05) is 13.0 Å². The molecule has 4 heteroatoms. The van der Waals surface area contributed by atoms with Crippen LogP contribution in [0.25, 0.3) is 0 Å². The Morgan fingerprint density at radius 2 is 1.39 bits per heavy atom. The molecule has 2 rings (SSSR count). The standard InChI is InChI=1S/C10H10FN.C9H8FN/c1-8(6-7-12)9-2-4-10(11)5-3-9;10-9-5-3-8(4-6-9)2-1-7-11/h2-5,8H,6H2,1H3;3-6H,1-2H2. The first-order chi connectivity index (χ1) is 11.1. The first-order valence-electron chi connectivity index (χ1n) is 7.30. The van der Waals surface area contributed by atoms with E-state index in [-0.39, 0.29) is 17.6 Å². The summed E-state index contributed by atoms with van der Waals surface area (Å²) in [4.78, 5) is 0. The van der Waals surface area contributed by atoms with Gasteiger partial charge in [0.25, 0.3) is 0 Å². The number of hydrogen-bond donors (Lipinski definition) is 0. The number of aryl methyl sites for hydroxylation is 1. The number of rotatable bonds is 4. The van der Waals surface area contributed by atoms with Crippen molar-refractivity contribution in [3.63, 3.8) is 0 Å². The predicted molar refractivity (Wildman–Crippen MR) is 85.4 cm³/mol. The fraction of sp³-hybridized carbons (Fsp3) is 0.263. The Bertz CT molecular complexity index is 665. The third kappa shape index (κ3) is 7.20. The Morgan fingerprint density at radius 1 is 0.870 bits per heavy atom. The number of hydrogen-bond acceptors (Lipinski definition) is 2. The van der Waals surface area contributed by atoms with Crippen molar-refractivity contribution in [3.8, 4) is 12.1 Å². The molecule has 0 spiro atoms. The van der Waals surface area contributed by atoms with Crippen LogP contribution in [0.15, 0.2) is 48.5 Å². The third-order valence-electron chi connectivity index (χ3n) is 3.28. The Balaban J connectivity index is 0.000000231. The highest BCUT2D eigenvalue weighted by molar-refractivity contribution is 5.20. The van der Waals surface area contributed by atoms with Gasteiger partial charge in [0.1, 0.15) is 11.6 Å². The average molecular weight is 312 g/mol. The molecule has 0 saturated heterocycles. The molecule has 23 heavy (non-hydrogen) atoms.